The van der Waals surface area contributed by atoms with Crippen LogP contribution in [0.15, 0.2) is 95.5 Å². The molecule has 0 amide bonds. The molecule has 20 heteroatoms. The molecule has 6 rings (SSSR count). The van der Waals surface area contributed by atoms with Crippen molar-refractivity contribution in [1.82, 2.24) is 0 Å². The fraction of sp³-hybridized carbons (Fsp3) is 0.753. The number of ether oxygens (including phenoxy) is 2. The van der Waals surface area contributed by atoms with Crippen molar-refractivity contribution >= 4 is 73.4 Å². The van der Waals surface area contributed by atoms with Gasteiger partial charge in [-0.15, -0.1) is 0 Å². The van der Waals surface area contributed by atoms with Gasteiger partial charge >= 0.3 is 17.9 Å². The zero-order valence-electron chi connectivity index (χ0n) is 72.1. The molecule has 109 heavy (non-hydrogen) atoms. The van der Waals surface area contributed by atoms with Crippen LogP contribution in [0.25, 0.3) is 0 Å². The average Bonchev–Trinajstić information content (AvgIpc) is 1.62. The topological polar surface area (TPSA) is 225 Å². The van der Waals surface area contributed by atoms with Crippen LogP contribution in [0.1, 0.15) is 280 Å². The van der Waals surface area contributed by atoms with Gasteiger partial charge < -0.3 is 57.5 Å². The maximum Gasteiger partial charge on any atom is 0.305 e. The van der Waals surface area contributed by atoms with Gasteiger partial charge in [0.2, 0.25) is 0 Å². The molecule has 14 unspecified atom stereocenters. The minimum atomic E-state index is -2.00. The molecule has 0 aliphatic heterocycles. The number of benzene rings is 3. The Bertz CT molecular complexity index is 3000. The smallest absolute Gasteiger partial charge is 0.305 e. The molecule has 15 nitrogen and oxygen atoms in total. The number of carbonyl (C=O) groups is 4. The van der Waals surface area contributed by atoms with Gasteiger partial charge in [0.15, 0.2) is 33.3 Å². The van der Waals surface area contributed by atoms with E-state index in [-0.39, 0.29) is 74.8 Å². The van der Waals surface area contributed by atoms with Gasteiger partial charge in [0.25, 0.3) is 0 Å². The maximum atomic E-state index is 11.5. The molecule has 14 atom stereocenters. The number of esters is 2. The van der Waals surface area contributed by atoms with Gasteiger partial charge in [-0.05, 0) is 221 Å². The molecular weight excluding hydrogens is 1500 g/mol. The minimum Gasteiger partial charge on any atom is -0.481 e. The van der Waals surface area contributed by atoms with E-state index in [0.717, 1.165) is 144 Å². The number of aliphatic carboxylic acids is 1. The second-order valence-corrected chi connectivity index (χ2v) is 57.9. The van der Waals surface area contributed by atoms with Crippen LogP contribution in [0.4, 0.5) is 0 Å². The molecule has 3 aromatic carbocycles. The van der Waals surface area contributed by atoms with E-state index >= 15 is 0 Å². The van der Waals surface area contributed by atoms with Crippen LogP contribution >= 0.6 is 15.9 Å². The molecule has 0 bridgehead atoms. The van der Waals surface area contributed by atoms with Crippen LogP contribution in [0.3, 0.4) is 0 Å². The lowest BCUT2D eigenvalue weighted by molar-refractivity contribution is -0.141. The molecule has 0 aromatic heterocycles. The van der Waals surface area contributed by atoms with Gasteiger partial charge in [-0.3, -0.25) is 14.4 Å². The van der Waals surface area contributed by atoms with Gasteiger partial charge in [0.05, 0.1) is 63.1 Å². The van der Waals surface area contributed by atoms with E-state index in [9.17, 15) is 39.6 Å². The summed E-state index contributed by atoms with van der Waals surface area (Å²) in [5, 5.41) is 51.3. The molecule has 3 aliphatic carbocycles. The number of halogens is 1. The predicted octanol–water partition coefficient (Wildman–Crippen LogP) is 23.1. The minimum absolute atomic E-state index is 0.0161. The first-order valence-corrected chi connectivity index (χ1v) is 54.2. The summed E-state index contributed by atoms with van der Waals surface area (Å²) in [5.41, 5.74) is 1.87. The monoisotopic (exact) mass is 1650 g/mol. The fourth-order valence-corrected chi connectivity index (χ4v) is 20.7. The Kier molecular flexibility index (Phi) is 43.8. The third-order valence-electron chi connectivity index (χ3n) is 25.7. The molecule has 3 aromatic rings. The number of methoxy groups -OCH3 is 2. The van der Waals surface area contributed by atoms with Crippen molar-refractivity contribution in [3.63, 3.8) is 0 Å². The van der Waals surface area contributed by atoms with Crippen molar-refractivity contribution in [3.05, 3.63) is 107 Å². The van der Waals surface area contributed by atoms with Gasteiger partial charge in [-0.1, -0.05) is 236 Å². The summed E-state index contributed by atoms with van der Waals surface area (Å²) in [4.78, 5) is 44.8. The van der Waals surface area contributed by atoms with Crippen LogP contribution in [-0.2, 0) is 46.4 Å². The Labute approximate surface area is 675 Å². The Morgan fingerprint density at radius 3 is 0.982 bits per heavy atom. The molecule has 0 radical (unpaired) electrons. The predicted molar refractivity (Wildman–Crippen MR) is 461 cm³/mol. The number of carboxylic acid groups (broad SMARTS) is 1. The summed E-state index contributed by atoms with van der Waals surface area (Å²) in [5.74, 6) is 0.620. The van der Waals surface area contributed by atoms with E-state index in [1.807, 2.05) is 91.0 Å². The van der Waals surface area contributed by atoms with Gasteiger partial charge in [0, 0.05) is 30.2 Å². The molecule has 0 saturated heterocycles. The van der Waals surface area contributed by atoms with Crippen molar-refractivity contribution in [3.8, 4) is 0 Å². The summed E-state index contributed by atoms with van der Waals surface area (Å²) in [7, 11) is -4.96. The van der Waals surface area contributed by atoms with E-state index in [2.05, 4.69) is 151 Å². The first-order chi connectivity index (χ1) is 50.7. The third-order valence-corrected chi connectivity index (χ3v) is 44.3. The lowest BCUT2D eigenvalue weighted by Crippen LogP contribution is -2.45. The number of hydrogen-bond donors (Lipinski definition) is 5. The zero-order valence-corrected chi connectivity index (χ0v) is 77.7. The highest BCUT2D eigenvalue weighted by atomic mass is 79.9. The molecular formula is C89H155BrO15Si4. The Balaban J connectivity index is 0.000000412. The third kappa shape index (κ3) is 35.0. The molecule has 3 saturated carbocycles. The average molecular weight is 1660 g/mol. The largest absolute Gasteiger partial charge is 0.481 e. The molecule has 0 spiro atoms. The summed E-state index contributed by atoms with van der Waals surface area (Å²) in [6, 6.07) is 29.6. The number of aldehydes is 1. The second kappa shape index (κ2) is 47.7. The lowest BCUT2D eigenvalue weighted by Gasteiger charge is -2.40. The summed E-state index contributed by atoms with van der Waals surface area (Å²) < 4.78 is 39.2. The van der Waals surface area contributed by atoms with E-state index in [0.29, 0.717) is 68.6 Å². The standard InChI is InChI=1S/C34H62O5Si2.C28H56O5Si2.C21H32O5.C6H5Br/c1-33(2,3)40(8,9)38-30-25-31(39-41(10,11)34(4,5)6)28(23-24-29(35)26-19-15-14-16-20-26)27(30)21-17-12-13-18-22-32(36)37-7;1-27(2,3)34(8,9)32-24-21-25(33-35(10,11)28(4,5)6)23(18-16-20-29)22(24)17-14-12-13-15-19-26(30)31-7;22-18(15-8-4-3-5-9-15)13-12-17-16(19(23)14-20(17)24)10-6-1-2-7-11-21(25)26;7-6-4-2-1-3-5-6/h14-16,19-20,27-31,35H,12-13,17-18,21-25H2,1-11H3;20,22-25H,12-19,21H2,1-11H3;3-5,8-9,16-20,22-24H,1-2,6-7,10-14H2,(H,25,26);1-5H. The number of hydrogen-bond acceptors (Lipinski definition) is 14. The fourth-order valence-electron chi connectivity index (χ4n) is 14.9. The molecule has 624 valence electrons. The second-order valence-electron chi connectivity index (χ2n) is 37.9. The number of unbranched alkanes of at least 4 members (excludes halogenated alkanes) is 9. The van der Waals surface area contributed by atoms with E-state index in [4.69, 9.17) is 32.3 Å². The Hall–Kier alpha value is -3.23. The highest BCUT2D eigenvalue weighted by Crippen LogP contribution is 2.52. The van der Waals surface area contributed by atoms with E-state index < -0.39 is 63.7 Å². The Morgan fingerprint density at radius 1 is 0.413 bits per heavy atom. The van der Waals surface area contributed by atoms with Gasteiger partial charge in [-0.25, -0.2) is 0 Å². The van der Waals surface area contributed by atoms with Gasteiger partial charge in [0.1, 0.15) is 6.29 Å². The summed E-state index contributed by atoms with van der Waals surface area (Å²) in [6.07, 6.45) is 22.4. The van der Waals surface area contributed by atoms with E-state index in [1.54, 1.807) is 0 Å². The molecule has 5 N–H and O–H groups in total. The van der Waals surface area contributed by atoms with Crippen LogP contribution in [0.5, 0.6) is 0 Å². The molecule has 0 heterocycles. The van der Waals surface area contributed by atoms with Crippen molar-refractivity contribution in [1.29, 1.82) is 0 Å². The maximum absolute atomic E-state index is 11.5. The number of carboxylic acids is 1. The van der Waals surface area contributed by atoms with Crippen molar-refractivity contribution in [2.45, 2.75) is 378 Å². The van der Waals surface area contributed by atoms with Crippen LogP contribution < -0.4 is 0 Å². The highest BCUT2D eigenvalue weighted by Gasteiger charge is 2.53. The number of rotatable bonds is 40. The SMILES string of the molecule is Brc1ccccc1.COC(=O)CCCCCCC1C(O[Si](C)(C)C(C)(C)C)CC(O[Si](C)(C)C(C)(C)C)C1CCC(O)c1ccccc1.COC(=O)CCCCCCC1C(O[Si](C)(C)C(C)(C)C)CC(O[Si](C)(C)C(C)(C)C)C1CCC=O.O=C(O)CCCCCCC1C(O)CC(O)C1CCC(O)c1ccccc1. The van der Waals surface area contributed by atoms with Crippen molar-refractivity contribution in [2.24, 2.45) is 35.5 Å². The van der Waals surface area contributed by atoms with Crippen molar-refractivity contribution in [2.75, 3.05) is 14.2 Å². The quantitative estimate of drug-likeness (QED) is 0.0155. The first kappa shape index (κ1) is 100.0. The number of aliphatic hydroxyl groups excluding tert-OH is 4. The summed E-state index contributed by atoms with van der Waals surface area (Å²) >= 11 is 3.31. The van der Waals surface area contributed by atoms with Crippen LogP contribution in [-0.4, -0.2) is 134 Å². The Morgan fingerprint density at radius 2 is 0.688 bits per heavy atom. The van der Waals surface area contributed by atoms with Crippen molar-refractivity contribution < 1.29 is 71.9 Å². The number of carbonyl (C=O) groups excluding carboxylic acids is 3. The zero-order chi connectivity index (χ0) is 82.2. The summed E-state index contributed by atoms with van der Waals surface area (Å²) in [6.45, 7) is 46.5. The number of aliphatic hydroxyl groups is 4. The molecule has 3 aliphatic rings. The van der Waals surface area contributed by atoms with Crippen LogP contribution in [0.2, 0.25) is 72.5 Å². The highest BCUT2D eigenvalue weighted by molar-refractivity contribution is 9.10. The first-order valence-electron chi connectivity index (χ1n) is 41.8. The van der Waals surface area contributed by atoms with Gasteiger partial charge in [-0.2, -0.15) is 0 Å². The lowest BCUT2D eigenvalue weighted by atomic mass is 9.84. The molecule has 3 fully saturated rings. The van der Waals surface area contributed by atoms with Crippen LogP contribution in [0, 0.1) is 35.5 Å². The van der Waals surface area contributed by atoms with E-state index in [1.165, 1.54) is 14.2 Å². The normalized spacial score (nSPS) is 23.3.